The van der Waals surface area contributed by atoms with E-state index >= 15 is 0 Å². The van der Waals surface area contributed by atoms with Crippen molar-refractivity contribution in [3.8, 4) is 17.3 Å². The van der Waals surface area contributed by atoms with Gasteiger partial charge in [0.1, 0.15) is 0 Å². The largest absolute Gasteiger partial charge is 0.366 e. The Morgan fingerprint density at radius 1 is 1.18 bits per heavy atom. The molecular weight excluding hydrogens is 214 g/mol. The Balaban J connectivity index is 2.33. The second-order valence-electron chi connectivity index (χ2n) is 3.49. The van der Waals surface area contributed by atoms with Gasteiger partial charge in [0.2, 0.25) is 5.91 Å². The molecule has 1 heterocycles. The molecule has 1 amide bonds. The summed E-state index contributed by atoms with van der Waals surface area (Å²) in [6.45, 7) is 0. The lowest BCUT2D eigenvalue weighted by molar-refractivity contribution is 0.1000. The van der Waals surface area contributed by atoms with Gasteiger partial charge in [0.05, 0.1) is 22.9 Å². The van der Waals surface area contributed by atoms with E-state index in [1.54, 1.807) is 24.3 Å². The van der Waals surface area contributed by atoms with Crippen molar-refractivity contribution in [1.82, 2.24) is 4.98 Å². The molecule has 0 aliphatic rings. The van der Waals surface area contributed by atoms with E-state index in [2.05, 4.69) is 4.98 Å². The van der Waals surface area contributed by atoms with Gasteiger partial charge in [-0.1, -0.05) is 12.1 Å². The summed E-state index contributed by atoms with van der Waals surface area (Å²) in [5.74, 6) is -0.496. The quantitative estimate of drug-likeness (QED) is 0.841. The minimum absolute atomic E-state index is 0.377. The van der Waals surface area contributed by atoms with Crippen LogP contribution in [-0.2, 0) is 0 Å². The van der Waals surface area contributed by atoms with E-state index in [-0.39, 0.29) is 0 Å². The molecule has 2 rings (SSSR count). The first-order valence-electron chi connectivity index (χ1n) is 4.97. The maximum atomic E-state index is 10.9. The van der Waals surface area contributed by atoms with E-state index < -0.39 is 5.91 Å². The van der Waals surface area contributed by atoms with Gasteiger partial charge in [0.15, 0.2) is 0 Å². The maximum absolute atomic E-state index is 10.9. The Bertz CT molecular complexity index is 580. The lowest BCUT2D eigenvalue weighted by Crippen LogP contribution is -2.10. The van der Waals surface area contributed by atoms with E-state index in [0.29, 0.717) is 11.1 Å². The summed E-state index contributed by atoms with van der Waals surface area (Å²) in [4.78, 5) is 15.0. The normalized spacial score (nSPS) is 9.59. The number of aromatic nitrogens is 1. The van der Waals surface area contributed by atoms with Gasteiger partial charge in [-0.2, -0.15) is 5.26 Å². The Kier molecular flexibility index (Phi) is 2.84. The summed E-state index contributed by atoms with van der Waals surface area (Å²) in [6, 6.07) is 12.5. The molecule has 0 aliphatic heterocycles. The van der Waals surface area contributed by atoms with Gasteiger partial charge in [-0.3, -0.25) is 9.78 Å². The fourth-order valence-electron chi connectivity index (χ4n) is 1.43. The Morgan fingerprint density at radius 3 is 2.35 bits per heavy atom. The second kappa shape index (κ2) is 4.45. The molecule has 0 atom stereocenters. The Hall–Kier alpha value is -2.67. The molecule has 2 N–H and O–H groups in total. The number of nitriles is 1. The predicted octanol–water partition coefficient (Wildman–Crippen LogP) is 1.72. The number of rotatable bonds is 2. The van der Waals surface area contributed by atoms with Crippen LogP contribution in [0.1, 0.15) is 15.9 Å². The first-order valence-corrected chi connectivity index (χ1v) is 4.97. The highest BCUT2D eigenvalue weighted by Crippen LogP contribution is 2.17. The Morgan fingerprint density at radius 2 is 1.88 bits per heavy atom. The van der Waals surface area contributed by atoms with Crippen molar-refractivity contribution in [3.63, 3.8) is 0 Å². The fourth-order valence-corrected chi connectivity index (χ4v) is 1.43. The molecule has 4 nitrogen and oxygen atoms in total. The summed E-state index contributed by atoms with van der Waals surface area (Å²) in [5.41, 5.74) is 7.73. The number of amides is 1. The van der Waals surface area contributed by atoms with Crippen molar-refractivity contribution in [1.29, 1.82) is 5.26 Å². The number of nitrogens with zero attached hydrogens (tertiary/aromatic N) is 2. The molecule has 1 aromatic carbocycles. The van der Waals surface area contributed by atoms with Crippen molar-refractivity contribution >= 4 is 5.91 Å². The topological polar surface area (TPSA) is 79.8 Å². The number of benzene rings is 1. The third-order valence-electron chi connectivity index (χ3n) is 2.36. The van der Waals surface area contributed by atoms with Crippen molar-refractivity contribution in [2.45, 2.75) is 0 Å². The number of primary amides is 1. The molecule has 4 heteroatoms. The molecule has 0 saturated heterocycles. The molecular formula is C13H9N3O. The standard InChI is InChI=1S/C13H9N3O/c14-7-9-1-3-10(4-2-9)12-6-5-11(8-16-12)13(15)17/h1-6,8H,(H2,15,17). The van der Waals surface area contributed by atoms with Gasteiger partial charge < -0.3 is 5.73 Å². The van der Waals surface area contributed by atoms with Crippen LogP contribution in [-0.4, -0.2) is 10.9 Å². The van der Waals surface area contributed by atoms with Crippen LogP contribution in [0.15, 0.2) is 42.6 Å². The molecule has 0 unspecified atom stereocenters. The number of carbonyl (C=O) groups is 1. The average Bonchev–Trinajstić information content (AvgIpc) is 2.39. The van der Waals surface area contributed by atoms with Gasteiger partial charge in [0.25, 0.3) is 0 Å². The number of carbonyl (C=O) groups excluding carboxylic acids is 1. The van der Waals surface area contributed by atoms with Gasteiger partial charge in [-0.15, -0.1) is 0 Å². The SMILES string of the molecule is N#Cc1ccc(-c2ccc(C(N)=O)cn2)cc1. The molecule has 0 bridgehead atoms. The molecule has 0 fully saturated rings. The van der Waals surface area contributed by atoms with Crippen LogP contribution >= 0.6 is 0 Å². The molecule has 82 valence electrons. The molecule has 1 aromatic heterocycles. The molecule has 2 aromatic rings. The smallest absolute Gasteiger partial charge is 0.250 e. The second-order valence-corrected chi connectivity index (χ2v) is 3.49. The number of hydrogen-bond donors (Lipinski definition) is 1. The zero-order chi connectivity index (χ0) is 12.3. The van der Waals surface area contributed by atoms with Crippen LogP contribution in [0.4, 0.5) is 0 Å². The highest BCUT2D eigenvalue weighted by atomic mass is 16.1. The minimum Gasteiger partial charge on any atom is -0.366 e. The van der Waals surface area contributed by atoms with Crippen molar-refractivity contribution in [2.75, 3.05) is 0 Å². The number of nitrogens with two attached hydrogens (primary N) is 1. The lowest BCUT2D eigenvalue weighted by Gasteiger charge is -2.01. The molecule has 0 aliphatic carbocycles. The van der Waals surface area contributed by atoms with E-state index in [4.69, 9.17) is 11.0 Å². The molecule has 0 spiro atoms. The fraction of sp³-hybridized carbons (Fsp3) is 0. The van der Waals surface area contributed by atoms with E-state index in [0.717, 1.165) is 11.3 Å². The Labute approximate surface area is 98.3 Å². The summed E-state index contributed by atoms with van der Waals surface area (Å²) in [5, 5.41) is 8.68. The van der Waals surface area contributed by atoms with Crippen molar-refractivity contribution in [2.24, 2.45) is 5.73 Å². The molecule has 0 saturated carbocycles. The van der Waals surface area contributed by atoms with Gasteiger partial charge >= 0.3 is 0 Å². The van der Waals surface area contributed by atoms with Crippen LogP contribution in [0.25, 0.3) is 11.3 Å². The third-order valence-corrected chi connectivity index (χ3v) is 2.36. The summed E-state index contributed by atoms with van der Waals surface area (Å²) in [7, 11) is 0. The van der Waals surface area contributed by atoms with Gasteiger partial charge in [-0.25, -0.2) is 0 Å². The van der Waals surface area contributed by atoms with Crippen molar-refractivity contribution in [3.05, 3.63) is 53.7 Å². The van der Waals surface area contributed by atoms with Crippen LogP contribution < -0.4 is 5.73 Å². The number of pyridine rings is 1. The van der Waals surface area contributed by atoms with E-state index in [1.165, 1.54) is 6.20 Å². The van der Waals surface area contributed by atoms with Crippen LogP contribution in [0.5, 0.6) is 0 Å². The van der Waals surface area contributed by atoms with Gasteiger partial charge in [-0.05, 0) is 24.3 Å². The summed E-state index contributed by atoms with van der Waals surface area (Å²) < 4.78 is 0. The highest BCUT2D eigenvalue weighted by molar-refractivity contribution is 5.92. The maximum Gasteiger partial charge on any atom is 0.250 e. The molecule has 17 heavy (non-hydrogen) atoms. The van der Waals surface area contributed by atoms with Gasteiger partial charge in [0, 0.05) is 11.8 Å². The first-order chi connectivity index (χ1) is 8.20. The third kappa shape index (κ3) is 2.29. The van der Waals surface area contributed by atoms with Crippen molar-refractivity contribution < 1.29 is 4.79 Å². The average molecular weight is 223 g/mol. The minimum atomic E-state index is -0.496. The van der Waals surface area contributed by atoms with Crippen LogP contribution in [0.2, 0.25) is 0 Å². The number of hydrogen-bond acceptors (Lipinski definition) is 3. The van der Waals surface area contributed by atoms with Crippen LogP contribution in [0, 0.1) is 11.3 Å². The monoisotopic (exact) mass is 223 g/mol. The lowest BCUT2D eigenvalue weighted by atomic mass is 10.1. The van der Waals surface area contributed by atoms with E-state index in [1.807, 2.05) is 18.2 Å². The summed E-state index contributed by atoms with van der Waals surface area (Å²) >= 11 is 0. The highest BCUT2D eigenvalue weighted by Gasteiger charge is 2.02. The van der Waals surface area contributed by atoms with Crippen LogP contribution in [0.3, 0.4) is 0 Å². The zero-order valence-corrected chi connectivity index (χ0v) is 8.92. The first kappa shape index (κ1) is 10.8. The zero-order valence-electron chi connectivity index (χ0n) is 8.92. The van der Waals surface area contributed by atoms with E-state index in [9.17, 15) is 4.79 Å². The summed E-state index contributed by atoms with van der Waals surface area (Å²) in [6.07, 6.45) is 1.44. The molecule has 0 radical (unpaired) electrons. The predicted molar refractivity (Wildman–Crippen MR) is 62.9 cm³/mol.